The van der Waals surface area contributed by atoms with Crippen LogP contribution in [0.5, 0.6) is 0 Å². The predicted octanol–water partition coefficient (Wildman–Crippen LogP) is 1.11. The smallest absolute Gasteiger partial charge is 0.303 e. The quantitative estimate of drug-likeness (QED) is 0.747. The van der Waals surface area contributed by atoms with Crippen molar-refractivity contribution in [1.82, 2.24) is 9.88 Å². The third-order valence-electron chi connectivity index (χ3n) is 2.42. The number of carboxylic acids is 1. The van der Waals surface area contributed by atoms with Crippen LogP contribution < -0.4 is 5.32 Å². The van der Waals surface area contributed by atoms with Crippen LogP contribution in [0.15, 0.2) is 24.5 Å². The van der Waals surface area contributed by atoms with Gasteiger partial charge in [-0.25, -0.2) is 0 Å². The van der Waals surface area contributed by atoms with Crippen molar-refractivity contribution >= 4 is 11.9 Å². The zero-order valence-corrected chi connectivity index (χ0v) is 9.93. The van der Waals surface area contributed by atoms with Crippen LogP contribution in [0.3, 0.4) is 0 Å². The maximum absolute atomic E-state index is 11.5. The van der Waals surface area contributed by atoms with Gasteiger partial charge in [0.05, 0.1) is 0 Å². The molecule has 1 aromatic rings. The number of aliphatic carboxylic acids is 1. The first-order chi connectivity index (χ1) is 8.08. The summed E-state index contributed by atoms with van der Waals surface area (Å²) < 4.78 is 1.97. The molecule has 0 fully saturated rings. The van der Waals surface area contributed by atoms with Crippen LogP contribution in [0.1, 0.15) is 19.8 Å². The van der Waals surface area contributed by atoms with E-state index in [9.17, 15) is 9.59 Å². The lowest BCUT2D eigenvalue weighted by Gasteiger charge is -2.09. The van der Waals surface area contributed by atoms with Gasteiger partial charge in [-0.2, -0.15) is 0 Å². The standard InChI is InChI=1S/C12H18N2O3/c1-10(9-12(16)17)8-11(15)13-4-7-14-5-2-3-6-14/h2-3,5-6,10H,4,7-9H2,1H3,(H,13,15)(H,16,17). The molecule has 94 valence electrons. The van der Waals surface area contributed by atoms with Gasteiger partial charge in [0.15, 0.2) is 0 Å². The molecule has 1 aromatic heterocycles. The summed E-state index contributed by atoms with van der Waals surface area (Å²) in [6.45, 7) is 3.05. The first-order valence-corrected chi connectivity index (χ1v) is 5.67. The Balaban J connectivity index is 2.14. The fourth-order valence-corrected chi connectivity index (χ4v) is 1.60. The third kappa shape index (κ3) is 5.75. The highest BCUT2D eigenvalue weighted by Gasteiger charge is 2.11. The van der Waals surface area contributed by atoms with E-state index in [-0.39, 0.29) is 24.7 Å². The molecule has 1 rings (SSSR count). The highest BCUT2D eigenvalue weighted by molar-refractivity contribution is 5.77. The molecule has 0 aliphatic carbocycles. The van der Waals surface area contributed by atoms with Crippen molar-refractivity contribution in [3.63, 3.8) is 0 Å². The number of rotatable bonds is 7. The normalized spacial score (nSPS) is 12.1. The molecular weight excluding hydrogens is 220 g/mol. The molecule has 1 atom stereocenters. The lowest BCUT2D eigenvalue weighted by molar-refractivity contribution is -0.138. The number of nitrogens with one attached hydrogen (secondary N) is 1. The number of nitrogens with zero attached hydrogens (tertiary/aromatic N) is 1. The van der Waals surface area contributed by atoms with E-state index in [1.165, 1.54) is 0 Å². The average molecular weight is 238 g/mol. The van der Waals surface area contributed by atoms with Crippen LogP contribution in [0, 0.1) is 5.92 Å². The zero-order valence-electron chi connectivity index (χ0n) is 9.93. The largest absolute Gasteiger partial charge is 0.481 e. The molecule has 17 heavy (non-hydrogen) atoms. The van der Waals surface area contributed by atoms with Gasteiger partial charge in [0.25, 0.3) is 0 Å². The van der Waals surface area contributed by atoms with Crippen molar-refractivity contribution in [2.24, 2.45) is 5.92 Å². The highest BCUT2D eigenvalue weighted by atomic mass is 16.4. The fraction of sp³-hybridized carbons (Fsp3) is 0.500. The van der Waals surface area contributed by atoms with E-state index in [4.69, 9.17) is 5.11 Å². The minimum absolute atomic E-state index is 0.0328. The molecule has 5 nitrogen and oxygen atoms in total. The maximum atomic E-state index is 11.5. The monoisotopic (exact) mass is 238 g/mol. The molecule has 0 aromatic carbocycles. The second-order valence-corrected chi connectivity index (χ2v) is 4.18. The van der Waals surface area contributed by atoms with Gasteiger partial charge >= 0.3 is 5.97 Å². The molecule has 5 heteroatoms. The minimum Gasteiger partial charge on any atom is -0.481 e. The van der Waals surface area contributed by atoms with Crippen LogP contribution in [-0.2, 0) is 16.1 Å². The minimum atomic E-state index is -0.863. The lowest BCUT2D eigenvalue weighted by Crippen LogP contribution is -2.28. The van der Waals surface area contributed by atoms with E-state index >= 15 is 0 Å². The molecule has 0 saturated carbocycles. The summed E-state index contributed by atoms with van der Waals surface area (Å²) in [5, 5.41) is 11.3. The number of carbonyl (C=O) groups is 2. The van der Waals surface area contributed by atoms with Crippen molar-refractivity contribution in [2.45, 2.75) is 26.3 Å². The first kappa shape index (κ1) is 13.3. The van der Waals surface area contributed by atoms with Crippen LogP contribution in [0.2, 0.25) is 0 Å². The molecule has 1 heterocycles. The summed E-state index contributed by atoms with van der Waals surface area (Å²) in [5.74, 6) is -1.08. The zero-order chi connectivity index (χ0) is 12.7. The van der Waals surface area contributed by atoms with Gasteiger partial charge in [-0.3, -0.25) is 9.59 Å². The molecule has 1 unspecified atom stereocenters. The molecule has 1 amide bonds. The Bertz CT molecular complexity index is 360. The van der Waals surface area contributed by atoms with Crippen molar-refractivity contribution < 1.29 is 14.7 Å². The number of hydrogen-bond acceptors (Lipinski definition) is 2. The second kappa shape index (κ2) is 6.73. The Morgan fingerprint density at radius 1 is 1.29 bits per heavy atom. The number of amides is 1. The average Bonchev–Trinajstić information content (AvgIpc) is 2.68. The van der Waals surface area contributed by atoms with E-state index < -0.39 is 5.97 Å². The van der Waals surface area contributed by atoms with Crippen molar-refractivity contribution in [3.05, 3.63) is 24.5 Å². The molecule has 0 saturated heterocycles. The molecule has 0 spiro atoms. The van der Waals surface area contributed by atoms with E-state index in [1.807, 2.05) is 29.1 Å². The van der Waals surface area contributed by atoms with Gasteiger partial charge in [0.2, 0.25) is 5.91 Å². The SMILES string of the molecule is CC(CC(=O)O)CC(=O)NCCn1cccc1. The summed E-state index contributed by atoms with van der Waals surface area (Å²) in [4.78, 5) is 21.9. The van der Waals surface area contributed by atoms with Crippen LogP contribution >= 0.6 is 0 Å². The molecule has 0 aliphatic heterocycles. The van der Waals surface area contributed by atoms with Gasteiger partial charge in [-0.05, 0) is 18.1 Å². The molecule has 0 radical (unpaired) electrons. The summed E-state index contributed by atoms with van der Waals surface area (Å²) in [7, 11) is 0. The number of hydrogen-bond donors (Lipinski definition) is 2. The Morgan fingerprint density at radius 2 is 1.94 bits per heavy atom. The van der Waals surface area contributed by atoms with Crippen molar-refractivity contribution in [1.29, 1.82) is 0 Å². The number of carboxylic acid groups (broad SMARTS) is 1. The molecule has 2 N–H and O–H groups in total. The van der Waals surface area contributed by atoms with Gasteiger partial charge in [-0.1, -0.05) is 6.92 Å². The van der Waals surface area contributed by atoms with Crippen LogP contribution in [-0.4, -0.2) is 28.1 Å². The van der Waals surface area contributed by atoms with Gasteiger partial charge in [-0.15, -0.1) is 0 Å². The molecular formula is C12H18N2O3. The first-order valence-electron chi connectivity index (χ1n) is 5.67. The summed E-state index contributed by atoms with van der Waals surface area (Å²) >= 11 is 0. The maximum Gasteiger partial charge on any atom is 0.303 e. The fourth-order valence-electron chi connectivity index (χ4n) is 1.60. The number of aromatic nitrogens is 1. The van der Waals surface area contributed by atoms with Crippen molar-refractivity contribution in [3.8, 4) is 0 Å². The van der Waals surface area contributed by atoms with E-state index in [2.05, 4.69) is 5.32 Å². The predicted molar refractivity (Wildman–Crippen MR) is 63.5 cm³/mol. The molecule has 0 bridgehead atoms. The molecule has 0 aliphatic rings. The van der Waals surface area contributed by atoms with Crippen LogP contribution in [0.4, 0.5) is 0 Å². The van der Waals surface area contributed by atoms with Crippen LogP contribution in [0.25, 0.3) is 0 Å². The Hall–Kier alpha value is -1.78. The van der Waals surface area contributed by atoms with Gasteiger partial charge in [0, 0.05) is 38.3 Å². The summed E-state index contributed by atoms with van der Waals surface area (Å²) in [5.41, 5.74) is 0. The number of carbonyl (C=O) groups excluding carboxylic acids is 1. The lowest BCUT2D eigenvalue weighted by atomic mass is 10.0. The third-order valence-corrected chi connectivity index (χ3v) is 2.42. The Labute approximate surface area is 100 Å². The van der Waals surface area contributed by atoms with Crippen molar-refractivity contribution in [2.75, 3.05) is 6.54 Å². The van der Waals surface area contributed by atoms with Gasteiger partial charge in [0.1, 0.15) is 0 Å². The Morgan fingerprint density at radius 3 is 2.53 bits per heavy atom. The van der Waals surface area contributed by atoms with Gasteiger partial charge < -0.3 is 15.0 Å². The summed E-state index contributed by atoms with van der Waals surface area (Å²) in [6, 6.07) is 3.85. The Kier molecular flexibility index (Phi) is 5.26. The van der Waals surface area contributed by atoms with E-state index in [0.717, 1.165) is 6.54 Å². The topological polar surface area (TPSA) is 71.3 Å². The highest BCUT2D eigenvalue weighted by Crippen LogP contribution is 2.06. The summed E-state index contributed by atoms with van der Waals surface area (Å²) in [6.07, 6.45) is 4.15. The van der Waals surface area contributed by atoms with E-state index in [0.29, 0.717) is 6.54 Å². The second-order valence-electron chi connectivity index (χ2n) is 4.18. The van der Waals surface area contributed by atoms with E-state index in [1.54, 1.807) is 6.92 Å².